The van der Waals surface area contributed by atoms with Gasteiger partial charge in [0, 0.05) is 25.0 Å². The number of aromatic amines is 1. The van der Waals surface area contributed by atoms with Gasteiger partial charge in [0.1, 0.15) is 17.7 Å². The van der Waals surface area contributed by atoms with Gasteiger partial charge in [0.2, 0.25) is 0 Å². The molecule has 0 bridgehead atoms. The van der Waals surface area contributed by atoms with E-state index in [-0.39, 0.29) is 34.2 Å². The Morgan fingerprint density at radius 3 is 2.81 bits per heavy atom. The number of carbonyl (C=O) groups is 1. The largest absolute Gasteiger partial charge is 0.381 e. The lowest BCUT2D eigenvalue weighted by Gasteiger charge is -2.36. The highest BCUT2D eigenvalue weighted by Crippen LogP contribution is 2.31. The van der Waals surface area contributed by atoms with Crippen LogP contribution < -0.4 is 5.32 Å². The Balaban J connectivity index is 1.46. The predicted octanol–water partition coefficient (Wildman–Crippen LogP) is 2.89. The number of amides is 1. The van der Waals surface area contributed by atoms with Gasteiger partial charge in [-0.1, -0.05) is 11.6 Å². The lowest BCUT2D eigenvalue weighted by Crippen LogP contribution is -2.54. The molecule has 27 heavy (non-hydrogen) atoms. The van der Waals surface area contributed by atoms with Crippen molar-refractivity contribution in [3.63, 3.8) is 0 Å². The molecular formula is C18H19ClF3N3O2. The maximum absolute atomic E-state index is 14.7. The zero-order valence-electron chi connectivity index (χ0n) is 14.4. The maximum atomic E-state index is 14.7. The van der Waals surface area contributed by atoms with Crippen molar-refractivity contribution in [3.05, 3.63) is 34.5 Å². The summed E-state index contributed by atoms with van der Waals surface area (Å²) in [5.74, 6) is -1.94. The second kappa shape index (κ2) is 7.33. The number of halogens is 4. The van der Waals surface area contributed by atoms with Crippen LogP contribution in [0.5, 0.6) is 0 Å². The smallest absolute Gasteiger partial charge is 0.273 e. The standard InChI is InChI=1S/C18H19ClF3N3O2/c19-15-10(20)1-2-13-14(15)16(22)17(24-13)18(26)25-4-3-12(11(21)6-25)23-5-9-7-27-8-9/h1-2,9,11-12,23-24H,3-8H2/t11-,12+/m1/s1. The van der Waals surface area contributed by atoms with Crippen molar-refractivity contribution >= 4 is 28.4 Å². The molecular weight excluding hydrogens is 383 g/mol. The molecule has 1 aromatic carbocycles. The number of likely N-dealkylation sites (tertiary alicyclic amines) is 1. The fraction of sp³-hybridized carbons (Fsp3) is 0.500. The molecule has 9 heteroatoms. The summed E-state index contributed by atoms with van der Waals surface area (Å²) in [6, 6.07) is 2.07. The molecule has 2 fully saturated rings. The summed E-state index contributed by atoms with van der Waals surface area (Å²) in [5.41, 5.74) is -0.110. The Bertz CT molecular complexity index is 871. The molecule has 2 atom stereocenters. The number of carbonyl (C=O) groups excluding carboxylic acids is 1. The third-order valence-corrected chi connectivity index (χ3v) is 5.58. The van der Waals surface area contributed by atoms with Crippen molar-refractivity contribution in [2.75, 3.05) is 32.8 Å². The minimum atomic E-state index is -1.25. The molecule has 146 valence electrons. The Labute approximate surface area is 158 Å². The topological polar surface area (TPSA) is 57.4 Å². The minimum Gasteiger partial charge on any atom is -0.381 e. The van der Waals surface area contributed by atoms with Gasteiger partial charge in [-0.25, -0.2) is 13.2 Å². The number of piperidine rings is 1. The van der Waals surface area contributed by atoms with Crippen LogP contribution in [-0.2, 0) is 4.74 Å². The van der Waals surface area contributed by atoms with Crippen LogP contribution in [0, 0.1) is 17.6 Å². The summed E-state index contributed by atoms with van der Waals surface area (Å²) in [7, 11) is 0. The summed E-state index contributed by atoms with van der Waals surface area (Å²) in [6.07, 6.45) is -0.824. The summed E-state index contributed by atoms with van der Waals surface area (Å²) in [5, 5.41) is 2.63. The number of alkyl halides is 1. The highest BCUT2D eigenvalue weighted by Gasteiger charge is 2.34. The van der Waals surface area contributed by atoms with E-state index in [0.29, 0.717) is 38.6 Å². The van der Waals surface area contributed by atoms with Crippen LogP contribution >= 0.6 is 11.6 Å². The number of aromatic nitrogens is 1. The zero-order chi connectivity index (χ0) is 19.1. The highest BCUT2D eigenvalue weighted by molar-refractivity contribution is 6.35. The van der Waals surface area contributed by atoms with Gasteiger partial charge < -0.3 is 19.9 Å². The first kappa shape index (κ1) is 18.6. The van der Waals surface area contributed by atoms with Gasteiger partial charge in [-0.2, -0.15) is 0 Å². The van der Waals surface area contributed by atoms with Gasteiger partial charge in [-0.15, -0.1) is 0 Å². The van der Waals surface area contributed by atoms with Crippen molar-refractivity contribution < 1.29 is 22.7 Å². The van der Waals surface area contributed by atoms with E-state index in [0.717, 1.165) is 6.07 Å². The molecule has 2 saturated heterocycles. The molecule has 0 aliphatic carbocycles. The van der Waals surface area contributed by atoms with Crippen molar-refractivity contribution in [3.8, 4) is 0 Å². The Morgan fingerprint density at radius 2 is 2.15 bits per heavy atom. The highest BCUT2D eigenvalue weighted by atomic mass is 35.5. The fourth-order valence-corrected chi connectivity index (χ4v) is 3.78. The lowest BCUT2D eigenvalue weighted by atomic mass is 10.0. The first-order valence-electron chi connectivity index (χ1n) is 8.85. The van der Waals surface area contributed by atoms with Crippen LogP contribution in [0.3, 0.4) is 0 Å². The molecule has 4 rings (SSSR count). The SMILES string of the molecule is O=C(c1[nH]c2ccc(F)c(Cl)c2c1F)N1CC[C@H](NCC2COC2)[C@H](F)C1. The van der Waals surface area contributed by atoms with Crippen LogP contribution in [-0.4, -0.2) is 60.9 Å². The van der Waals surface area contributed by atoms with E-state index in [2.05, 4.69) is 10.3 Å². The molecule has 2 N–H and O–H groups in total. The number of nitrogens with one attached hydrogen (secondary N) is 2. The zero-order valence-corrected chi connectivity index (χ0v) is 15.2. The molecule has 1 aromatic heterocycles. The van der Waals surface area contributed by atoms with Gasteiger partial charge in [0.25, 0.3) is 5.91 Å². The number of nitrogens with zero attached hydrogens (tertiary/aromatic N) is 1. The molecule has 2 aliphatic heterocycles. The van der Waals surface area contributed by atoms with E-state index < -0.39 is 23.7 Å². The summed E-state index contributed by atoms with van der Waals surface area (Å²) < 4.78 is 47.8. The number of hydrogen-bond acceptors (Lipinski definition) is 3. The first-order chi connectivity index (χ1) is 13.0. The van der Waals surface area contributed by atoms with E-state index in [1.807, 2.05) is 0 Å². The number of fused-ring (bicyclic) bond motifs is 1. The van der Waals surface area contributed by atoms with Crippen molar-refractivity contribution in [2.24, 2.45) is 5.92 Å². The van der Waals surface area contributed by atoms with E-state index in [9.17, 15) is 18.0 Å². The third kappa shape index (κ3) is 3.41. The molecule has 2 aromatic rings. The average molecular weight is 402 g/mol. The molecule has 5 nitrogen and oxygen atoms in total. The van der Waals surface area contributed by atoms with Gasteiger partial charge in [0.15, 0.2) is 5.82 Å². The minimum absolute atomic E-state index is 0.130. The van der Waals surface area contributed by atoms with E-state index in [4.69, 9.17) is 16.3 Å². The molecule has 1 amide bonds. The first-order valence-corrected chi connectivity index (χ1v) is 9.23. The molecule has 3 heterocycles. The lowest BCUT2D eigenvalue weighted by molar-refractivity contribution is -0.0339. The van der Waals surface area contributed by atoms with Gasteiger partial charge in [-0.05, 0) is 18.6 Å². The van der Waals surface area contributed by atoms with Crippen LogP contribution in [0.2, 0.25) is 5.02 Å². The number of hydrogen-bond donors (Lipinski definition) is 2. The quantitative estimate of drug-likeness (QED) is 0.828. The normalized spacial score (nSPS) is 23.6. The third-order valence-electron chi connectivity index (χ3n) is 5.21. The molecule has 0 radical (unpaired) electrons. The van der Waals surface area contributed by atoms with Crippen LogP contribution in [0.4, 0.5) is 13.2 Å². The second-order valence-corrected chi connectivity index (χ2v) is 7.45. The van der Waals surface area contributed by atoms with Crippen LogP contribution in [0.1, 0.15) is 16.9 Å². The Morgan fingerprint density at radius 1 is 1.37 bits per heavy atom. The molecule has 0 unspecified atom stereocenters. The molecule has 0 spiro atoms. The van der Waals surface area contributed by atoms with Gasteiger partial charge >= 0.3 is 0 Å². The second-order valence-electron chi connectivity index (χ2n) is 7.07. The van der Waals surface area contributed by atoms with E-state index >= 15 is 0 Å². The predicted molar refractivity (Wildman–Crippen MR) is 94.7 cm³/mol. The van der Waals surface area contributed by atoms with Crippen molar-refractivity contribution in [1.82, 2.24) is 15.2 Å². The van der Waals surface area contributed by atoms with E-state index in [1.165, 1.54) is 11.0 Å². The average Bonchev–Trinajstić information content (AvgIpc) is 2.95. The van der Waals surface area contributed by atoms with Crippen LogP contribution in [0.25, 0.3) is 10.9 Å². The Hall–Kier alpha value is -1.77. The van der Waals surface area contributed by atoms with Crippen LogP contribution in [0.15, 0.2) is 12.1 Å². The Kier molecular flexibility index (Phi) is 5.05. The maximum Gasteiger partial charge on any atom is 0.273 e. The summed E-state index contributed by atoms with van der Waals surface area (Å²) in [6.45, 7) is 2.22. The monoisotopic (exact) mass is 401 g/mol. The summed E-state index contributed by atoms with van der Waals surface area (Å²) >= 11 is 5.82. The number of rotatable bonds is 4. The number of H-pyrrole nitrogens is 1. The van der Waals surface area contributed by atoms with Gasteiger partial charge in [0.05, 0.1) is 35.7 Å². The number of ether oxygens (including phenoxy) is 1. The van der Waals surface area contributed by atoms with Crippen molar-refractivity contribution in [1.29, 1.82) is 0 Å². The van der Waals surface area contributed by atoms with Gasteiger partial charge in [-0.3, -0.25) is 4.79 Å². The summed E-state index contributed by atoms with van der Waals surface area (Å²) in [4.78, 5) is 16.6. The van der Waals surface area contributed by atoms with Crippen molar-refractivity contribution in [2.45, 2.75) is 18.6 Å². The fourth-order valence-electron chi connectivity index (χ4n) is 3.53. The van der Waals surface area contributed by atoms with E-state index in [1.54, 1.807) is 0 Å². The molecule has 0 saturated carbocycles. The molecule has 2 aliphatic rings. The number of benzene rings is 1.